The number of nitrogens with one attached hydrogen (secondary N) is 1. The van der Waals surface area contributed by atoms with Crippen molar-refractivity contribution in [1.82, 2.24) is 15.1 Å². The van der Waals surface area contributed by atoms with Gasteiger partial charge in [-0.25, -0.2) is 0 Å². The summed E-state index contributed by atoms with van der Waals surface area (Å²) in [6.07, 6.45) is -2.53. The topological polar surface area (TPSA) is 81.3 Å². The molecule has 5 atom stereocenters. The van der Waals surface area contributed by atoms with E-state index < -0.39 is 29.3 Å². The number of alkyl halides is 3. The van der Waals surface area contributed by atoms with E-state index in [0.717, 1.165) is 33.3 Å². The maximum atomic E-state index is 14.0. The number of aliphatic imine (C=N–C) groups is 1. The standard InChI is InChI=1S/C24H20ClF3N4O2S/c25-15-3-1-12(17(8-15)24(26,27)28)10-23(14-2-4-18-13(7-14)11-30-31-18)20-16(21-29-5-6-35-21)9-19(22(33)34)32(20)23/h1-4,7-8,11,16,19-20H,5-6,9-10H2,(H,30,31)(H,33,34)/t16?,19-,20?,23?,32?/m0/s1. The molecule has 2 saturated heterocycles. The van der Waals surface area contributed by atoms with Crippen LogP contribution in [0.1, 0.15) is 23.1 Å². The summed E-state index contributed by atoms with van der Waals surface area (Å²) in [6.45, 7) is 0.671. The summed E-state index contributed by atoms with van der Waals surface area (Å²) in [4.78, 5) is 18.8. The number of aromatic amines is 1. The number of hydrogen-bond donors (Lipinski definition) is 2. The maximum Gasteiger partial charge on any atom is 0.416 e. The maximum absolute atomic E-state index is 14.0. The second kappa shape index (κ2) is 7.97. The molecule has 0 bridgehead atoms. The fourth-order valence-corrected chi connectivity index (χ4v) is 7.16. The number of rotatable bonds is 5. The van der Waals surface area contributed by atoms with Crippen molar-refractivity contribution in [3.8, 4) is 0 Å². The molecular formula is C24H20ClF3N4O2S. The first-order chi connectivity index (χ1) is 16.7. The van der Waals surface area contributed by atoms with Crippen LogP contribution in [0.4, 0.5) is 13.2 Å². The van der Waals surface area contributed by atoms with Crippen molar-refractivity contribution in [2.24, 2.45) is 10.9 Å². The van der Waals surface area contributed by atoms with Gasteiger partial charge in [-0.05, 0) is 48.2 Å². The lowest BCUT2D eigenvalue weighted by Crippen LogP contribution is -2.36. The molecule has 0 amide bonds. The number of nitrogens with zero attached hydrogens (tertiary/aromatic N) is 3. The van der Waals surface area contributed by atoms with Gasteiger partial charge >= 0.3 is 12.1 Å². The Hall–Kier alpha value is -2.56. The molecule has 35 heavy (non-hydrogen) atoms. The quantitative estimate of drug-likeness (QED) is 0.464. The van der Waals surface area contributed by atoms with E-state index in [2.05, 4.69) is 15.2 Å². The molecule has 0 saturated carbocycles. The minimum Gasteiger partial charge on any atom is -0.480 e. The second-order valence-electron chi connectivity index (χ2n) is 9.19. The van der Waals surface area contributed by atoms with Gasteiger partial charge in [-0.15, -0.1) is 11.8 Å². The number of benzene rings is 2. The normalized spacial score (nSPS) is 29.9. The van der Waals surface area contributed by atoms with Crippen LogP contribution in [-0.4, -0.2) is 55.6 Å². The Kier molecular flexibility index (Phi) is 5.21. The van der Waals surface area contributed by atoms with Gasteiger partial charge < -0.3 is 5.11 Å². The Labute approximate surface area is 207 Å². The van der Waals surface area contributed by atoms with Gasteiger partial charge in [-0.2, -0.15) is 18.3 Å². The molecule has 2 fully saturated rings. The Morgan fingerprint density at radius 1 is 1.29 bits per heavy atom. The summed E-state index contributed by atoms with van der Waals surface area (Å²) in [7, 11) is 0. The predicted molar refractivity (Wildman–Crippen MR) is 128 cm³/mol. The zero-order chi connectivity index (χ0) is 24.5. The second-order valence-corrected chi connectivity index (χ2v) is 10.7. The number of thioether (sulfide) groups is 1. The number of halogens is 4. The van der Waals surface area contributed by atoms with E-state index in [1.54, 1.807) is 18.0 Å². The average Bonchev–Trinajstić information content (AvgIpc) is 3.33. The van der Waals surface area contributed by atoms with Crippen molar-refractivity contribution < 1.29 is 23.1 Å². The SMILES string of the molecule is O=C(O)[C@@H]1CC(C2=NCCS2)C2N1C2(Cc1ccc(Cl)cc1C(F)(F)F)c1ccc2[nH]ncc2c1. The fraction of sp³-hybridized carbons (Fsp3) is 0.375. The smallest absolute Gasteiger partial charge is 0.416 e. The zero-order valence-corrected chi connectivity index (χ0v) is 19.8. The number of carbonyl (C=O) groups is 1. The molecule has 3 aliphatic heterocycles. The van der Waals surface area contributed by atoms with Crippen LogP contribution in [0.25, 0.3) is 10.9 Å². The summed E-state index contributed by atoms with van der Waals surface area (Å²) in [5, 5.41) is 18.7. The van der Waals surface area contributed by atoms with Gasteiger partial charge in [0, 0.05) is 34.7 Å². The number of aliphatic carboxylic acids is 1. The van der Waals surface area contributed by atoms with Crippen molar-refractivity contribution >= 4 is 45.3 Å². The first-order valence-electron chi connectivity index (χ1n) is 11.2. The molecule has 11 heteroatoms. The molecule has 4 heterocycles. The summed E-state index contributed by atoms with van der Waals surface area (Å²) >= 11 is 7.55. The fourth-order valence-electron chi connectivity index (χ4n) is 5.98. The third-order valence-corrected chi connectivity index (χ3v) is 8.71. The minimum atomic E-state index is -4.59. The van der Waals surface area contributed by atoms with Crippen molar-refractivity contribution in [2.75, 3.05) is 12.3 Å². The summed E-state index contributed by atoms with van der Waals surface area (Å²) in [5.41, 5.74) is -0.0478. The Balaban J connectivity index is 1.52. The zero-order valence-electron chi connectivity index (χ0n) is 18.2. The third kappa shape index (κ3) is 3.56. The molecule has 3 aromatic rings. The van der Waals surface area contributed by atoms with Crippen LogP contribution < -0.4 is 0 Å². The van der Waals surface area contributed by atoms with E-state index in [1.807, 2.05) is 23.1 Å². The number of aromatic nitrogens is 2. The van der Waals surface area contributed by atoms with E-state index in [9.17, 15) is 23.1 Å². The molecule has 182 valence electrons. The number of carboxylic acid groups (broad SMARTS) is 1. The van der Waals surface area contributed by atoms with Gasteiger partial charge in [0.1, 0.15) is 6.04 Å². The van der Waals surface area contributed by atoms with Crippen LogP contribution in [0.15, 0.2) is 47.6 Å². The van der Waals surface area contributed by atoms with Crippen molar-refractivity contribution in [3.63, 3.8) is 0 Å². The summed E-state index contributed by atoms with van der Waals surface area (Å²) in [5.74, 6) is -0.288. The van der Waals surface area contributed by atoms with Gasteiger partial charge in [0.2, 0.25) is 0 Å². The van der Waals surface area contributed by atoms with Crippen LogP contribution in [0.5, 0.6) is 0 Å². The summed E-state index contributed by atoms with van der Waals surface area (Å²) in [6, 6.07) is 8.33. The van der Waals surface area contributed by atoms with Crippen LogP contribution in [0, 0.1) is 5.92 Å². The van der Waals surface area contributed by atoms with Gasteiger partial charge in [0.25, 0.3) is 0 Å². The third-order valence-electron chi connectivity index (χ3n) is 7.36. The largest absolute Gasteiger partial charge is 0.480 e. The first kappa shape index (κ1) is 22.9. The lowest BCUT2D eigenvalue weighted by atomic mass is 9.80. The van der Waals surface area contributed by atoms with E-state index >= 15 is 0 Å². The highest BCUT2D eigenvalue weighted by Crippen LogP contribution is 2.63. The molecule has 3 aliphatic rings. The number of H-pyrrole nitrogens is 1. The van der Waals surface area contributed by atoms with Crippen molar-refractivity contribution in [2.45, 2.75) is 36.6 Å². The molecule has 6 nitrogen and oxygen atoms in total. The molecule has 0 aliphatic carbocycles. The highest BCUT2D eigenvalue weighted by Gasteiger charge is 2.74. The van der Waals surface area contributed by atoms with Gasteiger partial charge in [-0.3, -0.25) is 19.8 Å². The molecule has 1 aromatic heterocycles. The van der Waals surface area contributed by atoms with E-state index in [1.165, 1.54) is 12.1 Å². The monoisotopic (exact) mass is 520 g/mol. The molecule has 0 radical (unpaired) electrons. The van der Waals surface area contributed by atoms with Gasteiger partial charge in [0.05, 0.1) is 27.9 Å². The molecule has 6 rings (SSSR count). The minimum absolute atomic E-state index is 0.00393. The summed E-state index contributed by atoms with van der Waals surface area (Å²) < 4.78 is 42.0. The first-order valence-corrected chi connectivity index (χ1v) is 12.5. The highest BCUT2D eigenvalue weighted by molar-refractivity contribution is 8.14. The van der Waals surface area contributed by atoms with Crippen LogP contribution in [0.2, 0.25) is 5.02 Å². The van der Waals surface area contributed by atoms with Gasteiger partial charge in [-0.1, -0.05) is 23.7 Å². The molecule has 2 N–H and O–H groups in total. The van der Waals surface area contributed by atoms with E-state index in [0.29, 0.717) is 13.0 Å². The Morgan fingerprint density at radius 3 is 2.83 bits per heavy atom. The average molecular weight is 521 g/mol. The molecular weight excluding hydrogens is 501 g/mol. The van der Waals surface area contributed by atoms with Crippen LogP contribution >= 0.6 is 23.4 Å². The number of carboxylic acids is 1. The van der Waals surface area contributed by atoms with Crippen molar-refractivity contribution in [3.05, 3.63) is 64.3 Å². The van der Waals surface area contributed by atoms with E-state index in [4.69, 9.17) is 11.6 Å². The van der Waals surface area contributed by atoms with Crippen LogP contribution in [0.3, 0.4) is 0 Å². The van der Waals surface area contributed by atoms with Crippen molar-refractivity contribution in [1.29, 1.82) is 0 Å². The Morgan fingerprint density at radius 2 is 2.11 bits per heavy atom. The lowest BCUT2D eigenvalue weighted by molar-refractivity contribution is -0.142. The highest BCUT2D eigenvalue weighted by atomic mass is 35.5. The number of hydrogen-bond acceptors (Lipinski definition) is 5. The lowest BCUT2D eigenvalue weighted by Gasteiger charge is -2.28. The number of piperidine rings is 1. The predicted octanol–water partition coefficient (Wildman–Crippen LogP) is 4.98. The molecule has 4 unspecified atom stereocenters. The molecule has 2 aromatic carbocycles. The Bertz CT molecular complexity index is 1380. The van der Waals surface area contributed by atoms with Gasteiger partial charge in [0.15, 0.2) is 0 Å². The molecule has 0 spiro atoms. The van der Waals surface area contributed by atoms with E-state index in [-0.39, 0.29) is 29.0 Å². The van der Waals surface area contributed by atoms with Crippen LogP contribution in [-0.2, 0) is 22.9 Å². The number of fused-ring (bicyclic) bond motifs is 2.